The van der Waals surface area contributed by atoms with Gasteiger partial charge in [0.2, 0.25) is 0 Å². The van der Waals surface area contributed by atoms with Gasteiger partial charge < -0.3 is 0 Å². The van der Waals surface area contributed by atoms with E-state index in [0.717, 1.165) is 36.2 Å². The quantitative estimate of drug-likeness (QED) is 0.418. The number of nitrogens with zero attached hydrogens (tertiary/aromatic N) is 1. The van der Waals surface area contributed by atoms with E-state index in [1.54, 1.807) is 6.08 Å². The van der Waals surface area contributed by atoms with Crippen LogP contribution < -0.4 is 0 Å². The molecule has 0 atom stereocenters. The number of benzene rings is 1. The molecule has 1 aromatic carbocycles. The normalized spacial score (nSPS) is 28.3. The van der Waals surface area contributed by atoms with Crippen LogP contribution in [-0.2, 0) is 0 Å². The van der Waals surface area contributed by atoms with Crippen LogP contribution >= 0.6 is 0 Å². The summed E-state index contributed by atoms with van der Waals surface area (Å²) in [5.74, 6) is 3.48. The Morgan fingerprint density at radius 2 is 1.36 bits per heavy atom. The third-order valence-electron chi connectivity index (χ3n) is 7.38. The van der Waals surface area contributed by atoms with Crippen molar-refractivity contribution in [1.82, 2.24) is 0 Å². The molecule has 0 saturated heterocycles. The molecule has 0 unspecified atom stereocenters. The molecule has 0 aromatic heterocycles. The summed E-state index contributed by atoms with van der Waals surface area (Å²) >= 11 is 0. The lowest BCUT2D eigenvalue weighted by Crippen LogP contribution is -2.17. The zero-order valence-corrected chi connectivity index (χ0v) is 17.3. The second kappa shape index (κ2) is 11.4. The first-order chi connectivity index (χ1) is 13.8. The fourth-order valence-corrected chi connectivity index (χ4v) is 5.48. The second-order valence-electron chi connectivity index (χ2n) is 9.21. The highest BCUT2D eigenvalue weighted by Crippen LogP contribution is 2.40. The third kappa shape index (κ3) is 6.47. The average Bonchev–Trinajstić information content (AvgIpc) is 2.76. The monoisotopic (exact) mass is 381 g/mol. The predicted molar refractivity (Wildman–Crippen MR) is 115 cm³/mol. The molecule has 2 heteroatoms. The van der Waals surface area contributed by atoms with Crippen molar-refractivity contribution >= 4 is 0 Å². The Morgan fingerprint density at radius 3 is 1.89 bits per heavy atom. The fourth-order valence-electron chi connectivity index (χ4n) is 5.48. The van der Waals surface area contributed by atoms with Crippen molar-refractivity contribution < 1.29 is 4.39 Å². The lowest BCUT2D eigenvalue weighted by atomic mass is 9.74. The minimum absolute atomic E-state index is 0.689. The summed E-state index contributed by atoms with van der Waals surface area (Å²) in [5.41, 5.74) is 2.20. The van der Waals surface area contributed by atoms with Gasteiger partial charge in [0.1, 0.15) is 0 Å². The summed E-state index contributed by atoms with van der Waals surface area (Å²) in [6.07, 6.45) is 19.6. The number of nitriles is 1. The molecular weight excluding hydrogens is 345 g/mol. The molecule has 2 saturated carbocycles. The summed E-state index contributed by atoms with van der Waals surface area (Å²) < 4.78 is 12.0. The van der Waals surface area contributed by atoms with Gasteiger partial charge in [-0.15, -0.1) is 0 Å². The minimum atomic E-state index is 0.689. The van der Waals surface area contributed by atoms with Gasteiger partial charge in [0, 0.05) is 0 Å². The van der Waals surface area contributed by atoms with Gasteiger partial charge in [-0.2, -0.15) is 5.26 Å². The third-order valence-corrected chi connectivity index (χ3v) is 7.38. The molecule has 152 valence electrons. The molecule has 1 nitrogen and oxygen atoms in total. The van der Waals surface area contributed by atoms with Gasteiger partial charge >= 0.3 is 0 Å². The minimum Gasteiger partial charge on any atom is -0.216 e. The largest absolute Gasteiger partial charge is 0.216 e. The standard InChI is InChI=1S/C26H36FN/c27-19-3-1-2-4-21-5-7-22(8-6-21)9-10-23-11-15-25(16-12-23)26-17-13-24(20-28)14-18-26/h3,13-14,17-19,21-23,25H,1-2,4-12,15-16H2/t21-,22-,23-,25-. The molecule has 0 N–H and O–H groups in total. The maximum Gasteiger partial charge on any atom is 0.0991 e. The summed E-state index contributed by atoms with van der Waals surface area (Å²) in [4.78, 5) is 0. The highest BCUT2D eigenvalue weighted by Gasteiger charge is 2.25. The number of allylic oxidation sites excluding steroid dienone is 1. The van der Waals surface area contributed by atoms with Crippen molar-refractivity contribution in [2.45, 2.75) is 89.4 Å². The first-order valence-corrected chi connectivity index (χ1v) is 11.5. The van der Waals surface area contributed by atoms with E-state index < -0.39 is 0 Å². The van der Waals surface area contributed by atoms with E-state index in [4.69, 9.17) is 5.26 Å². The number of hydrogen-bond acceptors (Lipinski definition) is 1. The maximum atomic E-state index is 12.0. The zero-order valence-electron chi connectivity index (χ0n) is 17.3. The summed E-state index contributed by atoms with van der Waals surface area (Å²) in [6.45, 7) is 0. The second-order valence-corrected chi connectivity index (χ2v) is 9.21. The van der Waals surface area contributed by atoms with Crippen LogP contribution in [0, 0.1) is 29.1 Å². The van der Waals surface area contributed by atoms with Gasteiger partial charge in [-0.05, 0) is 79.9 Å². The number of unbranched alkanes of at least 4 members (excludes halogenated alkanes) is 1. The molecule has 0 spiro atoms. The molecule has 3 rings (SSSR count). The summed E-state index contributed by atoms with van der Waals surface area (Å²) in [6, 6.07) is 10.5. The topological polar surface area (TPSA) is 23.8 Å². The van der Waals surface area contributed by atoms with Crippen molar-refractivity contribution in [3.05, 3.63) is 47.8 Å². The van der Waals surface area contributed by atoms with Crippen LogP contribution in [-0.4, -0.2) is 0 Å². The van der Waals surface area contributed by atoms with Crippen molar-refractivity contribution in [3.63, 3.8) is 0 Å². The Hall–Kier alpha value is -1.62. The van der Waals surface area contributed by atoms with E-state index in [-0.39, 0.29) is 0 Å². The van der Waals surface area contributed by atoms with Crippen molar-refractivity contribution in [3.8, 4) is 6.07 Å². The van der Waals surface area contributed by atoms with Crippen LogP contribution in [0.25, 0.3) is 0 Å². The van der Waals surface area contributed by atoms with E-state index in [1.165, 1.54) is 76.2 Å². The Bertz CT molecular complexity index is 625. The van der Waals surface area contributed by atoms with Gasteiger partial charge in [-0.1, -0.05) is 63.2 Å². The molecule has 0 radical (unpaired) electrons. The van der Waals surface area contributed by atoms with Crippen LogP contribution in [0.2, 0.25) is 0 Å². The Morgan fingerprint density at radius 1 is 0.821 bits per heavy atom. The van der Waals surface area contributed by atoms with Crippen LogP contribution in [0.4, 0.5) is 4.39 Å². The van der Waals surface area contributed by atoms with E-state index in [2.05, 4.69) is 18.2 Å². The van der Waals surface area contributed by atoms with Gasteiger partial charge in [-0.25, -0.2) is 4.39 Å². The summed E-state index contributed by atoms with van der Waals surface area (Å²) in [5, 5.41) is 8.95. The van der Waals surface area contributed by atoms with Gasteiger partial charge in [0.15, 0.2) is 0 Å². The van der Waals surface area contributed by atoms with Crippen molar-refractivity contribution in [2.24, 2.45) is 17.8 Å². The Labute approximate surface area is 171 Å². The molecule has 28 heavy (non-hydrogen) atoms. The molecule has 0 heterocycles. The average molecular weight is 382 g/mol. The molecule has 2 fully saturated rings. The van der Waals surface area contributed by atoms with E-state index in [0.29, 0.717) is 12.2 Å². The molecular formula is C26H36FN. The number of rotatable bonds is 8. The maximum absolute atomic E-state index is 12.0. The summed E-state index contributed by atoms with van der Waals surface area (Å²) in [7, 11) is 0. The Balaban J connectivity index is 1.30. The predicted octanol–water partition coefficient (Wildman–Crippen LogP) is 8.07. The smallest absolute Gasteiger partial charge is 0.0991 e. The molecule has 2 aliphatic carbocycles. The lowest BCUT2D eigenvalue weighted by Gasteiger charge is -2.32. The first-order valence-electron chi connectivity index (χ1n) is 11.5. The highest BCUT2D eigenvalue weighted by molar-refractivity contribution is 5.33. The molecule has 0 bridgehead atoms. The van der Waals surface area contributed by atoms with Crippen LogP contribution in [0.15, 0.2) is 36.7 Å². The van der Waals surface area contributed by atoms with Gasteiger partial charge in [0.25, 0.3) is 0 Å². The molecule has 2 aliphatic rings. The van der Waals surface area contributed by atoms with Crippen LogP contribution in [0.3, 0.4) is 0 Å². The van der Waals surface area contributed by atoms with Gasteiger partial charge in [-0.3, -0.25) is 0 Å². The van der Waals surface area contributed by atoms with Gasteiger partial charge in [0.05, 0.1) is 18.0 Å². The number of hydrogen-bond donors (Lipinski definition) is 0. The van der Waals surface area contributed by atoms with Crippen molar-refractivity contribution in [1.29, 1.82) is 5.26 Å². The van der Waals surface area contributed by atoms with Crippen LogP contribution in [0.1, 0.15) is 101 Å². The number of halogens is 1. The van der Waals surface area contributed by atoms with Crippen LogP contribution in [0.5, 0.6) is 0 Å². The SMILES string of the molecule is N#Cc1ccc([C@H]2CC[C@H](CC[C@H]3CC[C@H](CCCC=CF)CC3)CC2)cc1. The fraction of sp³-hybridized carbons (Fsp3) is 0.654. The lowest BCUT2D eigenvalue weighted by molar-refractivity contribution is 0.223. The first kappa shape index (κ1) is 21.1. The Kier molecular flexibility index (Phi) is 8.59. The highest BCUT2D eigenvalue weighted by atomic mass is 19.1. The molecule has 1 aromatic rings. The molecule has 0 amide bonds. The van der Waals surface area contributed by atoms with Crippen molar-refractivity contribution in [2.75, 3.05) is 0 Å². The molecule has 0 aliphatic heterocycles. The van der Waals surface area contributed by atoms with E-state index >= 15 is 0 Å². The van der Waals surface area contributed by atoms with E-state index in [9.17, 15) is 4.39 Å². The zero-order chi connectivity index (χ0) is 19.6. The van der Waals surface area contributed by atoms with E-state index in [1.807, 2.05) is 12.1 Å².